The third-order valence-electron chi connectivity index (χ3n) is 4.17. The number of aromatic carboxylic acids is 1. The van der Waals surface area contributed by atoms with Crippen LogP contribution in [-0.4, -0.2) is 18.2 Å². The summed E-state index contributed by atoms with van der Waals surface area (Å²) in [5, 5.41) is 12.3. The molecule has 0 atom stereocenters. The van der Waals surface area contributed by atoms with E-state index >= 15 is 0 Å². The first-order chi connectivity index (χ1) is 14.0. The molecular formula is C22H19FINO4. The molecule has 0 radical (unpaired) electrons. The van der Waals surface area contributed by atoms with E-state index in [1.807, 2.05) is 18.2 Å². The van der Waals surface area contributed by atoms with Crippen LogP contribution in [0, 0.1) is 9.39 Å². The highest BCUT2D eigenvalue weighted by atomic mass is 127. The minimum absolute atomic E-state index is 0.225. The van der Waals surface area contributed by atoms with Crippen LogP contribution < -0.4 is 14.8 Å². The Morgan fingerprint density at radius 2 is 1.90 bits per heavy atom. The van der Waals surface area contributed by atoms with Gasteiger partial charge in [-0.25, -0.2) is 9.18 Å². The molecule has 0 spiro atoms. The zero-order valence-corrected chi connectivity index (χ0v) is 17.8. The maximum Gasteiger partial charge on any atom is 0.335 e. The summed E-state index contributed by atoms with van der Waals surface area (Å²) in [6.07, 6.45) is 0. The van der Waals surface area contributed by atoms with Gasteiger partial charge in [0.25, 0.3) is 0 Å². The van der Waals surface area contributed by atoms with Crippen LogP contribution in [0.15, 0.2) is 60.7 Å². The van der Waals surface area contributed by atoms with Crippen molar-refractivity contribution in [3.05, 3.63) is 86.7 Å². The normalized spacial score (nSPS) is 10.4. The van der Waals surface area contributed by atoms with Crippen molar-refractivity contribution in [2.45, 2.75) is 13.2 Å². The van der Waals surface area contributed by atoms with Crippen LogP contribution in [0.25, 0.3) is 0 Å². The molecule has 0 fully saturated rings. The second-order valence-corrected chi connectivity index (χ2v) is 7.43. The summed E-state index contributed by atoms with van der Waals surface area (Å²) >= 11 is 2.17. The molecule has 7 heteroatoms. The number of halogens is 2. The molecule has 2 N–H and O–H groups in total. The Labute approximate surface area is 181 Å². The van der Waals surface area contributed by atoms with Gasteiger partial charge in [-0.3, -0.25) is 0 Å². The molecule has 0 bridgehead atoms. The van der Waals surface area contributed by atoms with Gasteiger partial charge in [0.05, 0.1) is 16.2 Å². The Balaban J connectivity index is 1.72. The van der Waals surface area contributed by atoms with Gasteiger partial charge in [0.1, 0.15) is 12.4 Å². The highest BCUT2D eigenvalue weighted by Gasteiger charge is 2.12. The fourth-order valence-electron chi connectivity index (χ4n) is 2.76. The van der Waals surface area contributed by atoms with Crippen molar-refractivity contribution in [3.8, 4) is 11.5 Å². The number of benzene rings is 3. The first-order valence-corrected chi connectivity index (χ1v) is 9.85. The zero-order valence-electron chi connectivity index (χ0n) is 15.6. The molecule has 0 unspecified atom stereocenters. The summed E-state index contributed by atoms with van der Waals surface area (Å²) in [5.41, 5.74) is 2.62. The number of rotatable bonds is 8. The number of methoxy groups -OCH3 is 1. The van der Waals surface area contributed by atoms with Crippen molar-refractivity contribution < 1.29 is 23.8 Å². The smallest absolute Gasteiger partial charge is 0.335 e. The van der Waals surface area contributed by atoms with Crippen molar-refractivity contribution in [2.24, 2.45) is 0 Å². The Morgan fingerprint density at radius 1 is 1.10 bits per heavy atom. The lowest BCUT2D eigenvalue weighted by molar-refractivity contribution is 0.0697. The van der Waals surface area contributed by atoms with Crippen molar-refractivity contribution in [1.29, 1.82) is 0 Å². The summed E-state index contributed by atoms with van der Waals surface area (Å²) in [4.78, 5) is 11.1. The summed E-state index contributed by atoms with van der Waals surface area (Å²) in [7, 11) is 1.56. The van der Waals surface area contributed by atoms with Crippen molar-refractivity contribution >= 4 is 34.2 Å². The van der Waals surface area contributed by atoms with E-state index in [-0.39, 0.29) is 18.0 Å². The molecule has 150 valence electrons. The van der Waals surface area contributed by atoms with E-state index in [0.29, 0.717) is 23.7 Å². The summed E-state index contributed by atoms with van der Waals surface area (Å²) in [5.74, 6) is -0.107. The van der Waals surface area contributed by atoms with Gasteiger partial charge in [-0.2, -0.15) is 0 Å². The van der Waals surface area contributed by atoms with E-state index < -0.39 is 5.97 Å². The molecule has 0 saturated carbocycles. The maximum atomic E-state index is 13.3. The second kappa shape index (κ2) is 9.60. The third kappa shape index (κ3) is 5.60. The summed E-state index contributed by atoms with van der Waals surface area (Å²) < 4.78 is 25.5. The Morgan fingerprint density at radius 3 is 2.62 bits per heavy atom. The van der Waals surface area contributed by atoms with Crippen LogP contribution in [0.1, 0.15) is 21.5 Å². The number of carboxylic acids is 1. The molecule has 3 rings (SSSR count). The second-order valence-electron chi connectivity index (χ2n) is 6.27. The highest BCUT2D eigenvalue weighted by Crippen LogP contribution is 2.34. The van der Waals surface area contributed by atoms with Crippen LogP contribution in [0.3, 0.4) is 0 Å². The number of carboxylic acid groups (broad SMARTS) is 1. The molecule has 0 saturated heterocycles. The number of hydrogen-bond acceptors (Lipinski definition) is 4. The molecule has 0 aromatic heterocycles. The summed E-state index contributed by atoms with van der Waals surface area (Å²) in [6, 6.07) is 16.7. The lowest BCUT2D eigenvalue weighted by Crippen LogP contribution is -2.04. The number of anilines is 1. The van der Waals surface area contributed by atoms with Gasteiger partial charge in [0.15, 0.2) is 11.5 Å². The van der Waals surface area contributed by atoms with Crippen LogP contribution in [0.4, 0.5) is 10.1 Å². The maximum absolute atomic E-state index is 13.3. The number of hydrogen-bond donors (Lipinski definition) is 2. The van der Waals surface area contributed by atoms with Crippen LogP contribution in [0.2, 0.25) is 0 Å². The Bertz CT molecular complexity index is 1030. The monoisotopic (exact) mass is 507 g/mol. The standard InChI is InChI=1S/C22H19FINO4/c1-28-20-10-15(12-25-18-7-3-5-16(11-18)22(26)27)9-19(24)21(20)29-13-14-4-2-6-17(23)8-14/h2-11,25H,12-13H2,1H3,(H,26,27). The number of carbonyl (C=O) groups is 1. The number of nitrogens with one attached hydrogen (secondary N) is 1. The lowest BCUT2D eigenvalue weighted by Gasteiger charge is -2.15. The van der Waals surface area contributed by atoms with Gasteiger partial charge in [0.2, 0.25) is 0 Å². The van der Waals surface area contributed by atoms with E-state index in [2.05, 4.69) is 27.9 Å². The molecule has 3 aromatic rings. The molecule has 0 amide bonds. The fourth-order valence-corrected chi connectivity index (χ4v) is 3.59. The Kier molecular flexibility index (Phi) is 6.92. The van der Waals surface area contributed by atoms with E-state index in [9.17, 15) is 9.18 Å². The average molecular weight is 507 g/mol. The van der Waals surface area contributed by atoms with Gasteiger partial charge in [-0.05, 0) is 76.2 Å². The van der Waals surface area contributed by atoms with Crippen LogP contribution in [0.5, 0.6) is 11.5 Å². The van der Waals surface area contributed by atoms with E-state index in [1.165, 1.54) is 12.1 Å². The molecule has 0 aliphatic carbocycles. The van der Waals surface area contributed by atoms with E-state index in [0.717, 1.165) is 14.7 Å². The van der Waals surface area contributed by atoms with Crippen molar-refractivity contribution in [3.63, 3.8) is 0 Å². The van der Waals surface area contributed by atoms with Gasteiger partial charge in [-0.15, -0.1) is 0 Å². The minimum atomic E-state index is -0.968. The molecule has 5 nitrogen and oxygen atoms in total. The zero-order chi connectivity index (χ0) is 20.8. The average Bonchev–Trinajstić information content (AvgIpc) is 2.71. The first kappa shape index (κ1) is 20.9. The molecule has 0 heterocycles. The van der Waals surface area contributed by atoms with E-state index in [1.54, 1.807) is 37.4 Å². The van der Waals surface area contributed by atoms with Crippen LogP contribution in [-0.2, 0) is 13.2 Å². The SMILES string of the molecule is COc1cc(CNc2cccc(C(=O)O)c2)cc(I)c1OCc1cccc(F)c1. The molecule has 3 aromatic carbocycles. The molecule has 29 heavy (non-hydrogen) atoms. The largest absolute Gasteiger partial charge is 0.493 e. The topological polar surface area (TPSA) is 67.8 Å². The van der Waals surface area contributed by atoms with Crippen molar-refractivity contribution in [1.82, 2.24) is 0 Å². The quantitative estimate of drug-likeness (QED) is 0.404. The van der Waals surface area contributed by atoms with Gasteiger partial charge >= 0.3 is 5.97 Å². The van der Waals surface area contributed by atoms with Gasteiger partial charge < -0.3 is 19.9 Å². The third-order valence-corrected chi connectivity index (χ3v) is 4.97. The fraction of sp³-hybridized carbons (Fsp3) is 0.136. The minimum Gasteiger partial charge on any atom is -0.493 e. The molecule has 0 aliphatic heterocycles. The van der Waals surface area contributed by atoms with Gasteiger partial charge in [0, 0.05) is 12.2 Å². The predicted octanol–water partition coefficient (Wildman–Crippen LogP) is 5.33. The van der Waals surface area contributed by atoms with Crippen molar-refractivity contribution in [2.75, 3.05) is 12.4 Å². The number of ether oxygens (including phenoxy) is 2. The van der Waals surface area contributed by atoms with E-state index in [4.69, 9.17) is 14.6 Å². The lowest BCUT2D eigenvalue weighted by atomic mass is 10.1. The predicted molar refractivity (Wildman–Crippen MR) is 117 cm³/mol. The van der Waals surface area contributed by atoms with Gasteiger partial charge in [-0.1, -0.05) is 18.2 Å². The molecular weight excluding hydrogens is 488 g/mol. The van der Waals surface area contributed by atoms with Crippen LogP contribution >= 0.6 is 22.6 Å². The highest BCUT2D eigenvalue weighted by molar-refractivity contribution is 14.1. The summed E-state index contributed by atoms with van der Waals surface area (Å²) in [6.45, 7) is 0.712. The Hall–Kier alpha value is -2.81. The first-order valence-electron chi connectivity index (χ1n) is 8.77. The molecule has 0 aliphatic rings.